The highest BCUT2D eigenvalue weighted by Gasteiger charge is 2.34. The molecule has 1 atom stereocenters. The van der Waals surface area contributed by atoms with Crippen molar-refractivity contribution in [3.8, 4) is 0 Å². The van der Waals surface area contributed by atoms with Gasteiger partial charge in [-0.15, -0.1) is 0 Å². The predicted molar refractivity (Wildman–Crippen MR) is 154 cm³/mol. The summed E-state index contributed by atoms with van der Waals surface area (Å²) in [7, 11) is -4.23. The molecule has 3 aromatic rings. The van der Waals surface area contributed by atoms with Gasteiger partial charge in [-0.05, 0) is 73.7 Å². The van der Waals surface area contributed by atoms with Crippen molar-refractivity contribution >= 4 is 27.5 Å². The number of benzene rings is 3. The fraction of sp³-hybridized carbons (Fsp3) is 0.355. The number of nitrogens with one attached hydrogen (secondary N) is 1. The van der Waals surface area contributed by atoms with E-state index in [1.807, 2.05) is 38.1 Å². The number of rotatable bonds is 11. The average molecular weight is 566 g/mol. The minimum Gasteiger partial charge on any atom is -0.352 e. The Balaban J connectivity index is 1.70. The number of aryl methyl sites for hydroxylation is 1. The molecule has 0 unspecified atom stereocenters. The molecular weight excluding hydrogens is 529 g/mol. The van der Waals surface area contributed by atoms with E-state index in [1.54, 1.807) is 30.3 Å². The molecule has 0 spiro atoms. The van der Waals surface area contributed by atoms with Crippen LogP contribution in [0.4, 0.5) is 10.1 Å². The summed E-state index contributed by atoms with van der Waals surface area (Å²) in [6.07, 6.45) is 4.30. The van der Waals surface area contributed by atoms with Crippen molar-refractivity contribution in [2.45, 2.75) is 69.5 Å². The molecule has 0 aliphatic heterocycles. The molecule has 0 aromatic heterocycles. The van der Waals surface area contributed by atoms with Crippen LogP contribution in [0.15, 0.2) is 83.8 Å². The van der Waals surface area contributed by atoms with Gasteiger partial charge in [-0.2, -0.15) is 0 Å². The van der Waals surface area contributed by atoms with E-state index in [0.29, 0.717) is 12.1 Å². The lowest BCUT2D eigenvalue weighted by Crippen LogP contribution is -2.53. The van der Waals surface area contributed by atoms with Gasteiger partial charge in [-0.25, -0.2) is 12.8 Å². The number of nitrogens with zero attached hydrogens (tertiary/aromatic N) is 2. The van der Waals surface area contributed by atoms with Gasteiger partial charge in [-0.3, -0.25) is 13.9 Å². The lowest BCUT2D eigenvalue weighted by molar-refractivity contribution is -0.140. The number of hydrogen-bond donors (Lipinski definition) is 1. The normalized spacial score (nSPS) is 14.5. The van der Waals surface area contributed by atoms with E-state index in [0.717, 1.165) is 53.2 Å². The number of para-hydroxylation sites is 1. The van der Waals surface area contributed by atoms with Gasteiger partial charge in [0.15, 0.2) is 0 Å². The van der Waals surface area contributed by atoms with Crippen molar-refractivity contribution in [2.24, 2.45) is 0 Å². The van der Waals surface area contributed by atoms with E-state index >= 15 is 0 Å². The van der Waals surface area contributed by atoms with Gasteiger partial charge in [0.2, 0.25) is 11.8 Å². The molecule has 9 heteroatoms. The molecule has 40 heavy (non-hydrogen) atoms. The minimum atomic E-state index is -4.23. The summed E-state index contributed by atoms with van der Waals surface area (Å²) >= 11 is 0. The molecule has 2 amide bonds. The molecule has 1 saturated carbocycles. The standard InChI is InChI=1S/C31H36FN3O4S/c1-3-29(31(37)33-26-13-9-10-14-26)34(21-24-12-8-7-11-23(24)2)30(36)22-35(27-15-5-4-6-16-27)40(38,39)28-19-17-25(32)18-20-28/h4-8,11-12,15-20,26,29H,3,9-10,13-14,21-22H2,1-2H3,(H,33,37)/t29-/m0/s1. The zero-order valence-corrected chi connectivity index (χ0v) is 23.7. The lowest BCUT2D eigenvalue weighted by Gasteiger charge is -2.34. The molecule has 1 aliphatic rings. The van der Waals surface area contributed by atoms with Crippen LogP contribution in [0.3, 0.4) is 0 Å². The second-order valence-electron chi connectivity index (χ2n) is 10.2. The Morgan fingerprint density at radius 3 is 2.20 bits per heavy atom. The Kier molecular flexibility index (Phi) is 9.58. The van der Waals surface area contributed by atoms with Gasteiger partial charge in [0.1, 0.15) is 18.4 Å². The Morgan fingerprint density at radius 2 is 1.57 bits per heavy atom. The highest BCUT2D eigenvalue weighted by molar-refractivity contribution is 7.92. The second kappa shape index (κ2) is 13.1. The molecule has 0 saturated heterocycles. The van der Waals surface area contributed by atoms with Crippen molar-refractivity contribution in [3.05, 3.63) is 95.8 Å². The van der Waals surface area contributed by atoms with Crippen molar-refractivity contribution in [1.29, 1.82) is 0 Å². The summed E-state index contributed by atoms with van der Waals surface area (Å²) in [5, 5.41) is 3.11. The third-order valence-corrected chi connectivity index (χ3v) is 9.20. The largest absolute Gasteiger partial charge is 0.352 e. The Labute approximate surface area is 236 Å². The molecule has 0 radical (unpaired) electrons. The van der Waals surface area contributed by atoms with Crippen molar-refractivity contribution < 1.29 is 22.4 Å². The quantitative estimate of drug-likeness (QED) is 0.347. The number of anilines is 1. The van der Waals surface area contributed by atoms with Crippen LogP contribution in [0.5, 0.6) is 0 Å². The smallest absolute Gasteiger partial charge is 0.264 e. The average Bonchev–Trinajstić information content (AvgIpc) is 3.46. The molecule has 0 heterocycles. The summed E-state index contributed by atoms with van der Waals surface area (Å²) in [6.45, 7) is 3.41. The Bertz CT molecular complexity index is 1410. The molecule has 3 aromatic carbocycles. The van der Waals surface area contributed by atoms with Gasteiger partial charge in [-0.1, -0.05) is 62.2 Å². The third-order valence-electron chi connectivity index (χ3n) is 7.41. The molecule has 1 fully saturated rings. The van der Waals surface area contributed by atoms with E-state index in [2.05, 4.69) is 5.32 Å². The summed E-state index contributed by atoms with van der Waals surface area (Å²) in [5.74, 6) is -1.31. The first kappa shape index (κ1) is 29.3. The summed E-state index contributed by atoms with van der Waals surface area (Å²) < 4.78 is 42.2. The zero-order valence-electron chi connectivity index (χ0n) is 22.9. The number of hydrogen-bond acceptors (Lipinski definition) is 4. The highest BCUT2D eigenvalue weighted by Crippen LogP contribution is 2.25. The monoisotopic (exact) mass is 565 g/mol. The van der Waals surface area contributed by atoms with Crippen LogP contribution in [-0.2, 0) is 26.2 Å². The Morgan fingerprint density at radius 1 is 0.950 bits per heavy atom. The van der Waals surface area contributed by atoms with Gasteiger partial charge in [0.25, 0.3) is 10.0 Å². The van der Waals surface area contributed by atoms with E-state index in [4.69, 9.17) is 0 Å². The van der Waals surface area contributed by atoms with Crippen molar-refractivity contribution in [2.75, 3.05) is 10.8 Å². The first-order valence-corrected chi connectivity index (χ1v) is 15.1. The maximum atomic E-state index is 14.1. The van der Waals surface area contributed by atoms with E-state index < -0.39 is 34.3 Å². The fourth-order valence-corrected chi connectivity index (χ4v) is 6.53. The van der Waals surface area contributed by atoms with Crippen LogP contribution in [0, 0.1) is 12.7 Å². The number of amides is 2. The maximum Gasteiger partial charge on any atom is 0.264 e. The van der Waals surface area contributed by atoms with Gasteiger partial charge in [0.05, 0.1) is 10.6 Å². The lowest BCUT2D eigenvalue weighted by atomic mass is 10.1. The van der Waals surface area contributed by atoms with Crippen LogP contribution < -0.4 is 9.62 Å². The van der Waals surface area contributed by atoms with Crippen LogP contribution >= 0.6 is 0 Å². The van der Waals surface area contributed by atoms with Gasteiger partial charge < -0.3 is 10.2 Å². The van der Waals surface area contributed by atoms with Crippen molar-refractivity contribution in [3.63, 3.8) is 0 Å². The molecule has 7 nitrogen and oxygen atoms in total. The topological polar surface area (TPSA) is 86.8 Å². The SMILES string of the molecule is CC[C@@H](C(=O)NC1CCCC1)N(Cc1ccccc1C)C(=O)CN(c1ccccc1)S(=O)(=O)c1ccc(F)cc1. The van der Waals surface area contributed by atoms with Crippen LogP contribution in [0.2, 0.25) is 0 Å². The minimum absolute atomic E-state index is 0.0802. The van der Waals surface area contributed by atoms with Crippen LogP contribution in [-0.4, -0.2) is 43.8 Å². The summed E-state index contributed by atoms with van der Waals surface area (Å²) in [4.78, 5) is 28.9. The van der Waals surface area contributed by atoms with E-state index in [1.165, 1.54) is 17.0 Å². The van der Waals surface area contributed by atoms with Gasteiger partial charge in [0, 0.05) is 12.6 Å². The van der Waals surface area contributed by atoms with Crippen LogP contribution in [0.1, 0.15) is 50.2 Å². The maximum absolute atomic E-state index is 14.1. The molecule has 1 aliphatic carbocycles. The van der Waals surface area contributed by atoms with Gasteiger partial charge >= 0.3 is 0 Å². The number of carbonyl (C=O) groups excluding carboxylic acids is 2. The van der Waals surface area contributed by atoms with Crippen LogP contribution in [0.25, 0.3) is 0 Å². The summed E-state index contributed by atoms with van der Waals surface area (Å²) in [6, 6.07) is 19.7. The first-order chi connectivity index (χ1) is 19.2. The molecular formula is C31H36FN3O4S. The number of halogens is 1. The van der Waals surface area contributed by atoms with E-state index in [9.17, 15) is 22.4 Å². The number of sulfonamides is 1. The molecule has 4 rings (SSSR count). The summed E-state index contributed by atoms with van der Waals surface area (Å²) in [5.41, 5.74) is 2.13. The molecule has 0 bridgehead atoms. The Hall–Kier alpha value is -3.72. The first-order valence-electron chi connectivity index (χ1n) is 13.7. The van der Waals surface area contributed by atoms with E-state index in [-0.39, 0.29) is 23.4 Å². The van der Waals surface area contributed by atoms with Crippen molar-refractivity contribution in [1.82, 2.24) is 10.2 Å². The third kappa shape index (κ3) is 6.88. The fourth-order valence-electron chi connectivity index (χ4n) is 5.11. The highest BCUT2D eigenvalue weighted by atomic mass is 32.2. The molecule has 1 N–H and O–H groups in total. The second-order valence-corrected chi connectivity index (χ2v) is 12.0. The zero-order chi connectivity index (χ0) is 28.7. The predicted octanol–water partition coefficient (Wildman–Crippen LogP) is 5.20. The number of carbonyl (C=O) groups is 2. The molecule has 212 valence electrons.